The Kier molecular flexibility index (Phi) is 7.09. The lowest BCUT2D eigenvalue weighted by atomic mass is 9.97. The van der Waals surface area contributed by atoms with E-state index in [4.69, 9.17) is 4.74 Å². The number of hydrogen-bond acceptors (Lipinski definition) is 6. The summed E-state index contributed by atoms with van der Waals surface area (Å²) >= 11 is 0. The topological polar surface area (TPSA) is 66.8 Å². The monoisotopic (exact) mass is 542 g/mol. The number of halogens is 3. The van der Waals surface area contributed by atoms with Gasteiger partial charge in [0, 0.05) is 50.3 Å². The molecule has 0 radical (unpaired) electrons. The molecule has 3 heterocycles. The first-order valence-electron chi connectivity index (χ1n) is 13.1. The van der Waals surface area contributed by atoms with E-state index in [2.05, 4.69) is 10.2 Å². The summed E-state index contributed by atoms with van der Waals surface area (Å²) in [5, 5.41) is 4.83. The minimum atomic E-state index is -4.20. The molecule has 2 saturated heterocycles. The van der Waals surface area contributed by atoms with Gasteiger partial charge in [0.25, 0.3) is 5.56 Å². The fourth-order valence-electron chi connectivity index (χ4n) is 6.20. The summed E-state index contributed by atoms with van der Waals surface area (Å²) < 4.78 is 45.3. The van der Waals surface area contributed by atoms with Crippen LogP contribution < -0.4 is 15.8 Å². The number of carbonyl (C=O) groups excluding carboxylic acids is 1. The number of hydrogen-bond donors (Lipinski definition) is 1. The van der Waals surface area contributed by atoms with Crippen molar-refractivity contribution in [2.45, 2.75) is 26.1 Å². The molecule has 10 heteroatoms. The molecule has 3 atom stereocenters. The van der Waals surface area contributed by atoms with Gasteiger partial charge in [-0.3, -0.25) is 14.3 Å². The number of para-hydroxylation sites is 1. The number of aryl methyl sites for hydroxylation is 1. The Hall–Kier alpha value is -3.53. The first-order chi connectivity index (χ1) is 18.4. The van der Waals surface area contributed by atoms with Crippen LogP contribution in [0.15, 0.2) is 47.3 Å². The summed E-state index contributed by atoms with van der Waals surface area (Å²) in [5.41, 5.74) is 2.79. The van der Waals surface area contributed by atoms with Crippen LogP contribution in [0.1, 0.15) is 34.5 Å². The van der Waals surface area contributed by atoms with Gasteiger partial charge in [0.2, 0.25) is 0 Å². The molecule has 0 aliphatic carbocycles. The SMILES string of the molecule is COC(=O)c1ccccc1NC(C)c1cc(C)cc2c(=O)n(C)c(N3CC4CN(CC(F)(F)F)CC4C3)cc12. The maximum Gasteiger partial charge on any atom is 0.401 e. The van der Waals surface area contributed by atoms with Crippen molar-refractivity contribution in [3.8, 4) is 0 Å². The Labute approximate surface area is 225 Å². The molecular formula is C29H33F3N4O3. The molecule has 2 aliphatic rings. The average Bonchev–Trinajstić information content (AvgIpc) is 3.43. The minimum Gasteiger partial charge on any atom is -0.465 e. The van der Waals surface area contributed by atoms with E-state index in [1.807, 2.05) is 44.2 Å². The molecule has 208 valence electrons. The van der Waals surface area contributed by atoms with Crippen molar-refractivity contribution in [2.24, 2.45) is 18.9 Å². The van der Waals surface area contributed by atoms with Crippen molar-refractivity contribution in [3.63, 3.8) is 0 Å². The van der Waals surface area contributed by atoms with Crippen molar-refractivity contribution in [1.82, 2.24) is 9.47 Å². The number of ether oxygens (including phenoxy) is 1. The van der Waals surface area contributed by atoms with E-state index in [1.165, 1.54) is 12.0 Å². The van der Waals surface area contributed by atoms with Gasteiger partial charge in [-0.15, -0.1) is 0 Å². The smallest absolute Gasteiger partial charge is 0.401 e. The van der Waals surface area contributed by atoms with E-state index in [0.29, 0.717) is 42.8 Å². The molecule has 2 aromatic carbocycles. The second kappa shape index (κ2) is 10.2. The molecule has 0 bridgehead atoms. The van der Waals surface area contributed by atoms with E-state index in [1.54, 1.807) is 23.7 Å². The van der Waals surface area contributed by atoms with Crippen LogP contribution in [0, 0.1) is 18.8 Å². The average molecular weight is 543 g/mol. The van der Waals surface area contributed by atoms with E-state index >= 15 is 0 Å². The molecule has 1 N–H and O–H groups in total. The van der Waals surface area contributed by atoms with Crippen LogP contribution in [-0.4, -0.2) is 61.4 Å². The molecule has 0 saturated carbocycles. The van der Waals surface area contributed by atoms with Crippen molar-refractivity contribution in [2.75, 3.05) is 50.1 Å². The van der Waals surface area contributed by atoms with Gasteiger partial charge in [0.1, 0.15) is 5.82 Å². The predicted octanol–water partition coefficient (Wildman–Crippen LogP) is 4.74. The summed E-state index contributed by atoms with van der Waals surface area (Å²) in [6, 6.07) is 12.8. The fraction of sp³-hybridized carbons (Fsp3) is 0.448. The van der Waals surface area contributed by atoms with Crippen LogP contribution in [0.4, 0.5) is 24.7 Å². The highest BCUT2D eigenvalue weighted by Crippen LogP contribution is 2.37. The van der Waals surface area contributed by atoms with Crippen LogP contribution in [0.3, 0.4) is 0 Å². The van der Waals surface area contributed by atoms with Crippen LogP contribution >= 0.6 is 0 Å². The van der Waals surface area contributed by atoms with Gasteiger partial charge in [-0.1, -0.05) is 18.2 Å². The third-order valence-corrected chi connectivity index (χ3v) is 7.97. The molecule has 1 aromatic heterocycles. The van der Waals surface area contributed by atoms with Gasteiger partial charge in [-0.2, -0.15) is 13.2 Å². The number of benzene rings is 2. The molecule has 5 rings (SSSR count). The van der Waals surface area contributed by atoms with Crippen molar-refractivity contribution in [1.29, 1.82) is 0 Å². The van der Waals surface area contributed by atoms with E-state index in [-0.39, 0.29) is 23.4 Å². The van der Waals surface area contributed by atoms with Gasteiger partial charge in [0.05, 0.1) is 19.2 Å². The van der Waals surface area contributed by atoms with Gasteiger partial charge in [-0.05, 0) is 66.5 Å². The number of fused-ring (bicyclic) bond motifs is 2. The lowest BCUT2D eigenvalue weighted by Gasteiger charge is -2.26. The summed E-state index contributed by atoms with van der Waals surface area (Å²) in [6.07, 6.45) is -4.20. The predicted molar refractivity (Wildman–Crippen MR) is 145 cm³/mol. The number of aromatic nitrogens is 1. The molecule has 2 fully saturated rings. The first-order valence-corrected chi connectivity index (χ1v) is 13.1. The minimum absolute atomic E-state index is 0.120. The third kappa shape index (κ3) is 5.34. The van der Waals surface area contributed by atoms with Crippen LogP contribution in [-0.2, 0) is 11.8 Å². The number of likely N-dealkylation sites (tertiary alicyclic amines) is 1. The van der Waals surface area contributed by atoms with Crippen molar-refractivity contribution in [3.05, 3.63) is 69.5 Å². The highest BCUT2D eigenvalue weighted by atomic mass is 19.4. The largest absolute Gasteiger partial charge is 0.465 e. The number of alkyl halides is 3. The van der Waals surface area contributed by atoms with Gasteiger partial charge in [-0.25, -0.2) is 4.79 Å². The maximum absolute atomic E-state index is 13.6. The number of rotatable bonds is 6. The summed E-state index contributed by atoms with van der Waals surface area (Å²) in [5.74, 6) is 0.581. The Bertz CT molecular complexity index is 1450. The lowest BCUT2D eigenvalue weighted by Crippen LogP contribution is -2.36. The quantitative estimate of drug-likeness (QED) is 0.454. The molecular weight excluding hydrogens is 509 g/mol. The van der Waals surface area contributed by atoms with Crippen LogP contribution in [0.25, 0.3) is 10.8 Å². The zero-order chi connectivity index (χ0) is 28.1. The zero-order valence-corrected chi connectivity index (χ0v) is 22.5. The normalized spacial score (nSPS) is 20.3. The number of methoxy groups -OCH3 is 1. The number of pyridine rings is 1. The second-order valence-corrected chi connectivity index (χ2v) is 10.8. The standard InChI is InChI=1S/C29H33F3N4O3/c1-17-9-22(18(2)33-25-8-6-5-7-21(25)28(38)39-4)23-11-26(34(3)27(37)24(23)10-17)36-14-19-12-35(13-20(19)15-36)16-29(30,31)32/h5-11,18-20,33H,12-16H2,1-4H3. The summed E-state index contributed by atoms with van der Waals surface area (Å²) in [7, 11) is 3.09. The second-order valence-electron chi connectivity index (χ2n) is 10.8. The first kappa shape index (κ1) is 27.1. The summed E-state index contributed by atoms with van der Waals surface area (Å²) in [4.78, 5) is 29.5. The van der Waals surface area contributed by atoms with Crippen LogP contribution in [0.2, 0.25) is 0 Å². The fourth-order valence-corrected chi connectivity index (χ4v) is 6.20. The van der Waals surface area contributed by atoms with Gasteiger partial charge >= 0.3 is 12.1 Å². The molecule has 7 nitrogen and oxygen atoms in total. The molecule has 2 aliphatic heterocycles. The van der Waals surface area contributed by atoms with Gasteiger partial charge in [0.15, 0.2) is 0 Å². The Morgan fingerprint density at radius 1 is 1.08 bits per heavy atom. The van der Waals surface area contributed by atoms with Gasteiger partial charge < -0.3 is 15.0 Å². The van der Waals surface area contributed by atoms with Crippen molar-refractivity contribution < 1.29 is 22.7 Å². The lowest BCUT2D eigenvalue weighted by molar-refractivity contribution is -0.144. The number of esters is 1. The Morgan fingerprint density at radius 3 is 2.38 bits per heavy atom. The van der Waals surface area contributed by atoms with Crippen molar-refractivity contribution >= 4 is 28.2 Å². The van der Waals surface area contributed by atoms with E-state index < -0.39 is 18.7 Å². The number of nitrogens with one attached hydrogen (secondary N) is 1. The molecule has 0 spiro atoms. The molecule has 0 amide bonds. The number of nitrogens with zero attached hydrogens (tertiary/aromatic N) is 3. The number of anilines is 2. The zero-order valence-electron chi connectivity index (χ0n) is 22.5. The highest BCUT2D eigenvalue weighted by Gasteiger charge is 2.43. The molecule has 39 heavy (non-hydrogen) atoms. The maximum atomic E-state index is 13.6. The highest BCUT2D eigenvalue weighted by molar-refractivity contribution is 5.96. The molecule has 3 aromatic rings. The third-order valence-electron chi connectivity index (χ3n) is 7.97. The summed E-state index contributed by atoms with van der Waals surface area (Å²) in [6.45, 7) is 5.09. The van der Waals surface area contributed by atoms with Crippen LogP contribution in [0.5, 0.6) is 0 Å². The van der Waals surface area contributed by atoms with E-state index in [0.717, 1.165) is 22.3 Å². The van der Waals surface area contributed by atoms with E-state index in [9.17, 15) is 22.8 Å². The number of carbonyl (C=O) groups is 1. The Balaban J connectivity index is 1.47. The molecule has 3 unspecified atom stereocenters. The Morgan fingerprint density at radius 2 is 1.74 bits per heavy atom.